The topological polar surface area (TPSA) is 17.8 Å². The number of nitrogens with zero attached hydrogens (tertiary/aromatic N) is 2. The number of aromatic nitrogens is 2. The van der Waals surface area contributed by atoms with Gasteiger partial charge in [-0.15, -0.1) is 0 Å². The largest absolute Gasteiger partial charge is 0.278 e. The van der Waals surface area contributed by atoms with E-state index in [0.717, 1.165) is 5.59 Å². The van der Waals surface area contributed by atoms with Crippen LogP contribution in [0.1, 0.15) is 19.9 Å². The van der Waals surface area contributed by atoms with Gasteiger partial charge in [0.2, 0.25) is 0 Å². The minimum absolute atomic E-state index is 0.361. The Kier molecular flexibility index (Phi) is 1.60. The molecule has 0 saturated heterocycles. The van der Waals surface area contributed by atoms with Gasteiger partial charge in [-0.2, -0.15) is 5.10 Å². The lowest BCUT2D eigenvalue weighted by Gasteiger charge is -2.06. The van der Waals surface area contributed by atoms with Gasteiger partial charge in [0.15, 0.2) is 0 Å². The number of hydrogen-bond donors (Lipinski definition) is 0. The van der Waals surface area contributed by atoms with Crippen molar-refractivity contribution >= 4 is 13.4 Å². The SMILES string of the molecule is [B]c1ccnn1C(C)C. The molecular weight excluding hydrogens is 111 g/mol. The molecule has 2 nitrogen and oxygen atoms in total. The zero-order valence-electron chi connectivity index (χ0n) is 5.70. The molecule has 0 aromatic carbocycles. The second kappa shape index (κ2) is 2.25. The molecule has 0 saturated carbocycles. The second-order valence-corrected chi connectivity index (χ2v) is 2.29. The van der Waals surface area contributed by atoms with Gasteiger partial charge in [-0.25, -0.2) is 0 Å². The van der Waals surface area contributed by atoms with Gasteiger partial charge in [0.1, 0.15) is 7.85 Å². The van der Waals surface area contributed by atoms with Crippen LogP contribution in [0.25, 0.3) is 0 Å². The van der Waals surface area contributed by atoms with Gasteiger partial charge in [0.25, 0.3) is 0 Å². The van der Waals surface area contributed by atoms with E-state index >= 15 is 0 Å². The molecule has 0 amide bonds. The van der Waals surface area contributed by atoms with Crippen molar-refractivity contribution in [2.45, 2.75) is 19.9 Å². The fraction of sp³-hybridized carbons (Fsp3) is 0.500. The Morgan fingerprint density at radius 1 is 1.67 bits per heavy atom. The number of hydrogen-bond acceptors (Lipinski definition) is 1. The summed E-state index contributed by atoms with van der Waals surface area (Å²) in [4.78, 5) is 0. The first-order valence-electron chi connectivity index (χ1n) is 3.01. The third-order valence-corrected chi connectivity index (χ3v) is 1.19. The average molecular weight is 120 g/mol. The summed E-state index contributed by atoms with van der Waals surface area (Å²) in [5, 5.41) is 4.01. The Morgan fingerprint density at radius 3 is 2.56 bits per heavy atom. The van der Waals surface area contributed by atoms with Gasteiger partial charge < -0.3 is 0 Å². The lowest BCUT2D eigenvalue weighted by atomic mass is 10.1. The number of rotatable bonds is 1. The summed E-state index contributed by atoms with van der Waals surface area (Å²) in [6, 6.07) is 2.15. The molecule has 0 spiro atoms. The highest BCUT2D eigenvalue weighted by Gasteiger charge is 1.98. The summed E-state index contributed by atoms with van der Waals surface area (Å²) in [5.74, 6) is 0. The first-order valence-corrected chi connectivity index (χ1v) is 3.01. The Bertz CT molecular complexity index is 193. The third-order valence-electron chi connectivity index (χ3n) is 1.19. The van der Waals surface area contributed by atoms with E-state index in [0.29, 0.717) is 6.04 Å². The molecule has 0 aliphatic heterocycles. The molecule has 0 fully saturated rings. The Hall–Kier alpha value is -0.725. The van der Waals surface area contributed by atoms with E-state index in [9.17, 15) is 0 Å². The molecule has 0 bridgehead atoms. The van der Waals surface area contributed by atoms with Crippen molar-refractivity contribution in [3.63, 3.8) is 0 Å². The van der Waals surface area contributed by atoms with Crippen LogP contribution in [0.3, 0.4) is 0 Å². The van der Waals surface area contributed by atoms with Gasteiger partial charge in [-0.3, -0.25) is 4.68 Å². The van der Waals surface area contributed by atoms with Crippen molar-refractivity contribution in [2.75, 3.05) is 0 Å². The van der Waals surface area contributed by atoms with Crippen LogP contribution in [0.15, 0.2) is 12.3 Å². The van der Waals surface area contributed by atoms with Crippen LogP contribution < -0.4 is 5.59 Å². The molecule has 1 aromatic rings. The van der Waals surface area contributed by atoms with E-state index in [1.54, 1.807) is 16.9 Å². The minimum atomic E-state index is 0.361. The molecule has 3 heteroatoms. The fourth-order valence-electron chi connectivity index (χ4n) is 0.756. The monoisotopic (exact) mass is 120 g/mol. The second-order valence-electron chi connectivity index (χ2n) is 2.29. The van der Waals surface area contributed by atoms with Crippen LogP contribution in [0.2, 0.25) is 0 Å². The van der Waals surface area contributed by atoms with Crippen LogP contribution in [-0.2, 0) is 0 Å². The van der Waals surface area contributed by atoms with Crippen molar-refractivity contribution in [2.24, 2.45) is 0 Å². The van der Waals surface area contributed by atoms with E-state index in [-0.39, 0.29) is 0 Å². The molecule has 1 aromatic heterocycles. The Labute approximate surface area is 56.3 Å². The van der Waals surface area contributed by atoms with Gasteiger partial charge in [0.05, 0.1) is 0 Å². The molecule has 0 aliphatic rings. The molecule has 0 atom stereocenters. The smallest absolute Gasteiger partial charge is 0.141 e. The van der Waals surface area contributed by atoms with Crippen molar-refractivity contribution in [3.8, 4) is 0 Å². The highest BCUT2D eigenvalue weighted by molar-refractivity contribution is 6.30. The fourth-order valence-corrected chi connectivity index (χ4v) is 0.756. The maximum absolute atomic E-state index is 5.54. The van der Waals surface area contributed by atoms with Gasteiger partial charge >= 0.3 is 0 Å². The van der Waals surface area contributed by atoms with Crippen LogP contribution in [0, 0.1) is 0 Å². The molecule has 9 heavy (non-hydrogen) atoms. The lowest BCUT2D eigenvalue weighted by molar-refractivity contribution is 0.546. The van der Waals surface area contributed by atoms with Crippen LogP contribution in [-0.4, -0.2) is 17.6 Å². The van der Waals surface area contributed by atoms with E-state index in [1.165, 1.54) is 0 Å². The predicted octanol–water partition coefficient (Wildman–Crippen LogP) is 0.258. The van der Waals surface area contributed by atoms with Gasteiger partial charge in [-0.05, 0) is 25.5 Å². The van der Waals surface area contributed by atoms with E-state index in [4.69, 9.17) is 7.85 Å². The summed E-state index contributed by atoms with van der Waals surface area (Å²) in [6.45, 7) is 4.09. The first kappa shape index (κ1) is 6.40. The summed E-state index contributed by atoms with van der Waals surface area (Å²) in [6.07, 6.45) is 1.70. The normalized spacial score (nSPS) is 10.6. The van der Waals surface area contributed by atoms with Crippen molar-refractivity contribution < 1.29 is 0 Å². The highest BCUT2D eigenvalue weighted by Crippen LogP contribution is 1.96. The molecule has 0 unspecified atom stereocenters. The molecule has 2 radical (unpaired) electrons. The van der Waals surface area contributed by atoms with E-state index in [1.807, 2.05) is 13.8 Å². The zero-order chi connectivity index (χ0) is 6.85. The van der Waals surface area contributed by atoms with Gasteiger partial charge in [0, 0.05) is 12.2 Å². The summed E-state index contributed by atoms with van der Waals surface area (Å²) in [5.41, 5.74) is 0.727. The summed E-state index contributed by atoms with van der Waals surface area (Å²) >= 11 is 0. The van der Waals surface area contributed by atoms with Crippen molar-refractivity contribution in [1.82, 2.24) is 9.78 Å². The van der Waals surface area contributed by atoms with E-state index in [2.05, 4.69) is 5.10 Å². The summed E-state index contributed by atoms with van der Waals surface area (Å²) in [7, 11) is 5.54. The van der Waals surface area contributed by atoms with E-state index < -0.39 is 0 Å². The highest BCUT2D eigenvalue weighted by atomic mass is 15.3. The third kappa shape index (κ3) is 1.15. The van der Waals surface area contributed by atoms with Crippen LogP contribution in [0.5, 0.6) is 0 Å². The standard InChI is InChI=1S/C6H9BN2/c1-5(2)9-6(7)3-4-8-9/h3-5H,1-2H3. The first-order chi connectivity index (χ1) is 4.22. The summed E-state index contributed by atoms with van der Waals surface area (Å²) < 4.78 is 1.78. The quantitative estimate of drug-likeness (QED) is 0.486. The van der Waals surface area contributed by atoms with Crippen LogP contribution in [0.4, 0.5) is 0 Å². The molecule has 46 valence electrons. The maximum atomic E-state index is 5.54. The Balaban J connectivity index is 2.94. The predicted molar refractivity (Wildman–Crippen MR) is 38.0 cm³/mol. The minimum Gasteiger partial charge on any atom is -0.278 e. The maximum Gasteiger partial charge on any atom is 0.141 e. The van der Waals surface area contributed by atoms with Gasteiger partial charge in [-0.1, -0.05) is 0 Å². The average Bonchev–Trinajstić information content (AvgIpc) is 2.13. The molecular formula is C6H9BN2. The zero-order valence-corrected chi connectivity index (χ0v) is 5.70. The lowest BCUT2D eigenvalue weighted by Crippen LogP contribution is -2.19. The van der Waals surface area contributed by atoms with Crippen molar-refractivity contribution in [1.29, 1.82) is 0 Å². The van der Waals surface area contributed by atoms with Crippen LogP contribution >= 0.6 is 0 Å². The molecule has 0 N–H and O–H groups in total. The molecule has 0 aliphatic carbocycles. The molecule has 1 rings (SSSR count). The molecule has 1 heterocycles. The Morgan fingerprint density at radius 2 is 2.33 bits per heavy atom. The van der Waals surface area contributed by atoms with Crippen molar-refractivity contribution in [3.05, 3.63) is 12.3 Å².